The largest absolute Gasteiger partial charge is 0.328 e. The molecule has 0 atom stereocenters. The molecule has 3 aromatic carbocycles. The first-order valence-corrected chi connectivity index (χ1v) is 9.97. The van der Waals surface area contributed by atoms with Gasteiger partial charge in [0.25, 0.3) is 5.56 Å². The molecule has 150 valence electrons. The van der Waals surface area contributed by atoms with Gasteiger partial charge in [0.15, 0.2) is 5.78 Å². The Morgan fingerprint density at radius 1 is 0.900 bits per heavy atom. The highest BCUT2D eigenvalue weighted by Gasteiger charge is 2.17. The molecule has 0 fully saturated rings. The molecule has 0 radical (unpaired) electrons. The van der Waals surface area contributed by atoms with Crippen molar-refractivity contribution < 1.29 is 4.79 Å². The van der Waals surface area contributed by atoms with Gasteiger partial charge >= 0.3 is 5.69 Å². The summed E-state index contributed by atoms with van der Waals surface area (Å²) in [5.74, 6) is -0.174. The summed E-state index contributed by atoms with van der Waals surface area (Å²) < 4.78 is 1.41. The average molecular weight is 398 g/mol. The predicted molar refractivity (Wildman–Crippen MR) is 118 cm³/mol. The van der Waals surface area contributed by atoms with Gasteiger partial charge in [0, 0.05) is 23.2 Å². The van der Waals surface area contributed by atoms with Crippen LogP contribution in [-0.2, 0) is 19.4 Å². The number of carbonyl (C=O) groups excluding carboxylic acids is 1. The van der Waals surface area contributed by atoms with Crippen molar-refractivity contribution >= 4 is 16.6 Å². The van der Waals surface area contributed by atoms with Gasteiger partial charge in [-0.2, -0.15) is 0 Å². The summed E-state index contributed by atoms with van der Waals surface area (Å²) in [6, 6.07) is 23.0. The molecule has 0 spiro atoms. The maximum atomic E-state index is 12.8. The topological polar surface area (TPSA) is 71.9 Å². The lowest BCUT2D eigenvalue weighted by atomic mass is 10.0. The smallest absolute Gasteiger partial charge is 0.292 e. The highest BCUT2D eigenvalue weighted by molar-refractivity contribution is 5.95. The van der Waals surface area contributed by atoms with Crippen LogP contribution in [0.2, 0.25) is 0 Å². The van der Waals surface area contributed by atoms with Crippen molar-refractivity contribution in [3.05, 3.63) is 116 Å². The van der Waals surface area contributed by atoms with Crippen LogP contribution in [0.25, 0.3) is 10.8 Å². The monoisotopic (exact) mass is 398 g/mol. The van der Waals surface area contributed by atoms with Crippen LogP contribution in [0.4, 0.5) is 0 Å². The third kappa shape index (κ3) is 3.87. The lowest BCUT2D eigenvalue weighted by molar-refractivity contribution is 0.0969. The summed E-state index contributed by atoms with van der Waals surface area (Å²) in [6.45, 7) is 1.76. The molecule has 5 nitrogen and oxygen atoms in total. The van der Waals surface area contributed by atoms with E-state index in [1.807, 2.05) is 49.4 Å². The van der Waals surface area contributed by atoms with E-state index in [9.17, 15) is 14.4 Å². The zero-order chi connectivity index (χ0) is 21.1. The summed E-state index contributed by atoms with van der Waals surface area (Å²) >= 11 is 0. The molecule has 0 unspecified atom stereocenters. The molecular formula is C25H22N2O3. The Morgan fingerprint density at radius 3 is 2.33 bits per heavy atom. The number of aromatic amines is 1. The van der Waals surface area contributed by atoms with Crippen LogP contribution < -0.4 is 11.2 Å². The summed E-state index contributed by atoms with van der Waals surface area (Å²) in [7, 11) is 0. The molecule has 0 aliphatic carbocycles. The Bertz CT molecular complexity index is 1330. The van der Waals surface area contributed by atoms with Crippen molar-refractivity contribution in [2.75, 3.05) is 0 Å². The first kappa shape index (κ1) is 19.6. The first-order chi connectivity index (χ1) is 14.6. The van der Waals surface area contributed by atoms with Gasteiger partial charge in [-0.15, -0.1) is 0 Å². The number of H-pyrrole nitrogens is 1. The molecule has 0 saturated heterocycles. The van der Waals surface area contributed by atoms with Crippen LogP contribution in [0.1, 0.15) is 34.1 Å². The van der Waals surface area contributed by atoms with Crippen LogP contribution in [0.15, 0.2) is 82.4 Å². The van der Waals surface area contributed by atoms with Crippen LogP contribution in [0.3, 0.4) is 0 Å². The lowest BCUT2D eigenvalue weighted by Gasteiger charge is -2.16. The van der Waals surface area contributed by atoms with E-state index >= 15 is 0 Å². The molecule has 0 amide bonds. The van der Waals surface area contributed by atoms with Crippen molar-refractivity contribution in [3.8, 4) is 0 Å². The van der Waals surface area contributed by atoms with Crippen LogP contribution in [0, 0.1) is 0 Å². The highest BCUT2D eigenvalue weighted by Crippen LogP contribution is 2.19. The number of nitrogens with zero attached hydrogens (tertiary/aromatic N) is 1. The SMILES string of the molecule is CCc1c(Cc2ccc3ccccc3c2)n(CC(=O)c2ccccc2)c(=O)[nH]c1=O. The summed E-state index contributed by atoms with van der Waals surface area (Å²) in [6.07, 6.45) is 0.868. The average Bonchev–Trinajstić information content (AvgIpc) is 2.77. The number of fused-ring (bicyclic) bond motifs is 1. The van der Waals surface area contributed by atoms with Gasteiger partial charge in [0.2, 0.25) is 0 Å². The molecule has 5 heteroatoms. The van der Waals surface area contributed by atoms with Gasteiger partial charge in [-0.3, -0.25) is 19.1 Å². The van der Waals surface area contributed by atoms with Gasteiger partial charge in [0.1, 0.15) is 0 Å². The Kier molecular flexibility index (Phi) is 5.44. The number of carbonyl (C=O) groups is 1. The summed E-state index contributed by atoms with van der Waals surface area (Å²) in [4.78, 5) is 40.3. The molecule has 4 rings (SSSR count). The number of hydrogen-bond acceptors (Lipinski definition) is 3. The normalized spacial score (nSPS) is 11.0. The Morgan fingerprint density at radius 2 is 1.60 bits per heavy atom. The number of aromatic nitrogens is 2. The van der Waals surface area contributed by atoms with E-state index in [0.717, 1.165) is 16.3 Å². The highest BCUT2D eigenvalue weighted by atomic mass is 16.2. The molecule has 1 aromatic heterocycles. The van der Waals surface area contributed by atoms with Crippen molar-refractivity contribution in [1.82, 2.24) is 9.55 Å². The molecule has 30 heavy (non-hydrogen) atoms. The molecular weight excluding hydrogens is 376 g/mol. The lowest BCUT2D eigenvalue weighted by Crippen LogP contribution is -2.37. The van der Waals surface area contributed by atoms with E-state index in [-0.39, 0.29) is 17.9 Å². The fraction of sp³-hybridized carbons (Fsp3) is 0.160. The number of benzene rings is 3. The number of hydrogen-bond donors (Lipinski definition) is 1. The number of ketones is 1. The summed E-state index contributed by atoms with van der Waals surface area (Å²) in [5.41, 5.74) is 1.69. The fourth-order valence-corrected chi connectivity index (χ4v) is 3.79. The molecule has 0 saturated carbocycles. The van der Waals surface area contributed by atoms with E-state index in [0.29, 0.717) is 29.7 Å². The van der Waals surface area contributed by atoms with E-state index in [1.54, 1.807) is 24.3 Å². The minimum Gasteiger partial charge on any atom is -0.292 e. The second-order valence-electron chi connectivity index (χ2n) is 7.27. The predicted octanol–water partition coefficient (Wildman–Crippen LogP) is 3.73. The third-order valence-electron chi connectivity index (χ3n) is 5.35. The fourth-order valence-electron chi connectivity index (χ4n) is 3.79. The summed E-state index contributed by atoms with van der Waals surface area (Å²) in [5, 5.41) is 2.21. The van der Waals surface area contributed by atoms with Gasteiger partial charge in [0.05, 0.1) is 6.54 Å². The van der Waals surface area contributed by atoms with Gasteiger partial charge in [-0.05, 0) is 22.8 Å². The Labute approximate surface area is 173 Å². The van der Waals surface area contributed by atoms with Crippen molar-refractivity contribution in [2.45, 2.75) is 26.3 Å². The third-order valence-corrected chi connectivity index (χ3v) is 5.35. The van der Waals surface area contributed by atoms with Crippen molar-refractivity contribution in [2.24, 2.45) is 0 Å². The molecule has 1 heterocycles. The van der Waals surface area contributed by atoms with Gasteiger partial charge < -0.3 is 0 Å². The van der Waals surface area contributed by atoms with E-state index < -0.39 is 5.69 Å². The number of Topliss-reactive ketones (excluding diaryl/α,β-unsaturated/α-hetero) is 1. The zero-order valence-electron chi connectivity index (χ0n) is 16.7. The Hall–Kier alpha value is -3.73. The van der Waals surface area contributed by atoms with Crippen LogP contribution in [0.5, 0.6) is 0 Å². The minimum absolute atomic E-state index is 0.116. The molecule has 0 aliphatic rings. The second-order valence-corrected chi connectivity index (χ2v) is 7.27. The van der Waals surface area contributed by atoms with Crippen molar-refractivity contribution in [1.29, 1.82) is 0 Å². The van der Waals surface area contributed by atoms with Crippen LogP contribution >= 0.6 is 0 Å². The molecule has 0 aliphatic heterocycles. The zero-order valence-corrected chi connectivity index (χ0v) is 16.7. The van der Waals surface area contributed by atoms with Gasteiger partial charge in [-0.1, -0.05) is 79.7 Å². The number of nitrogens with one attached hydrogen (secondary N) is 1. The maximum absolute atomic E-state index is 12.8. The Balaban J connectivity index is 1.79. The van der Waals surface area contributed by atoms with Crippen molar-refractivity contribution in [3.63, 3.8) is 0 Å². The standard InChI is InChI=1S/C25H22N2O3/c1-2-21-22(15-17-12-13-18-8-6-7-11-20(18)14-17)27(25(30)26-24(21)29)16-23(28)19-9-4-3-5-10-19/h3-14H,2,15-16H2,1H3,(H,26,29,30). The first-order valence-electron chi connectivity index (χ1n) is 9.97. The molecule has 1 N–H and O–H groups in total. The molecule has 0 bridgehead atoms. The maximum Gasteiger partial charge on any atom is 0.328 e. The van der Waals surface area contributed by atoms with E-state index in [1.165, 1.54) is 4.57 Å². The second kappa shape index (κ2) is 8.33. The van der Waals surface area contributed by atoms with Gasteiger partial charge in [-0.25, -0.2) is 4.79 Å². The quantitative estimate of drug-likeness (QED) is 0.503. The molecule has 4 aromatic rings. The number of rotatable bonds is 6. The van der Waals surface area contributed by atoms with E-state index in [2.05, 4.69) is 11.1 Å². The van der Waals surface area contributed by atoms with Crippen LogP contribution in [-0.4, -0.2) is 15.3 Å². The van der Waals surface area contributed by atoms with E-state index in [4.69, 9.17) is 0 Å². The minimum atomic E-state index is -0.558.